The number of aliphatic hydroxyl groups excluding tert-OH is 6. The van der Waals surface area contributed by atoms with Gasteiger partial charge in [-0.3, -0.25) is 24.4 Å². The van der Waals surface area contributed by atoms with Gasteiger partial charge in [0.1, 0.15) is 47.4 Å². The van der Waals surface area contributed by atoms with E-state index >= 15 is 0 Å². The van der Waals surface area contributed by atoms with Crippen LogP contribution < -0.4 is 21.9 Å². The number of hydrogen-bond donors (Lipinski definition) is 11. The zero-order valence-corrected chi connectivity index (χ0v) is 27.6. The highest BCUT2D eigenvalue weighted by Gasteiger charge is 2.75. The lowest BCUT2D eigenvalue weighted by molar-refractivity contribution is -0.312. The van der Waals surface area contributed by atoms with E-state index in [2.05, 4.69) is 41.5 Å². The number of amides is 1. The third kappa shape index (κ3) is 5.08. The predicted octanol–water partition coefficient (Wildman–Crippen LogP) is -3.57. The Bertz CT molecular complexity index is 1880. The van der Waals surface area contributed by atoms with Gasteiger partial charge in [0.05, 0.1) is 30.4 Å². The van der Waals surface area contributed by atoms with Crippen LogP contribution in [0.25, 0.3) is 0 Å². The summed E-state index contributed by atoms with van der Waals surface area (Å²) in [5.41, 5.74) is -6.36. The number of nitrogens with one attached hydrogen (secondary N) is 4. The van der Waals surface area contributed by atoms with Crippen LogP contribution in [-0.2, 0) is 29.2 Å². The molecule has 0 bridgehead atoms. The number of ether oxygens (including phenoxy) is 3. The summed E-state index contributed by atoms with van der Waals surface area (Å²) in [4.78, 5) is 62.7. The number of H-pyrrole nitrogens is 2. The molecule has 4 heterocycles. The minimum absolute atomic E-state index is 0.112. The zero-order chi connectivity index (χ0) is 36.0. The molecule has 50 heavy (non-hydrogen) atoms. The Hall–Kier alpha value is -3.57. The van der Waals surface area contributed by atoms with Crippen molar-refractivity contribution < 1.29 is 59.5 Å². The number of fused-ring (bicyclic) bond motifs is 4. The molecule has 1 saturated heterocycles. The number of carbonyl (C=O) groups is 2. The highest BCUT2D eigenvalue weighted by atomic mass is 79.9. The number of carbonyl (C=O) groups excluding carboxylic acids is 2. The fraction of sp³-hybridized carbons (Fsp3) is 0.567. The summed E-state index contributed by atoms with van der Waals surface area (Å²) in [5.74, 6) is -5.06. The molecule has 3 aliphatic heterocycles. The van der Waals surface area contributed by atoms with Crippen molar-refractivity contribution in [2.45, 2.75) is 79.5 Å². The minimum Gasteiger partial charge on any atom is -0.456 e. The molecule has 1 aromatic carbocycles. The van der Waals surface area contributed by atoms with Crippen molar-refractivity contribution in [1.29, 1.82) is 0 Å². The Labute approximate surface area is 289 Å². The molecule has 5 aliphatic rings. The molecule has 3 fully saturated rings. The molecular weight excluding hydrogens is 734 g/mol. The molecule has 0 radical (unpaired) electrons. The second-order valence-electron chi connectivity index (χ2n) is 13.2. The molecule has 1 spiro atoms. The van der Waals surface area contributed by atoms with Gasteiger partial charge in [0.15, 0.2) is 18.1 Å². The normalized spacial score (nSPS) is 40.5. The molecule has 1 amide bonds. The van der Waals surface area contributed by atoms with E-state index in [0.717, 1.165) is 0 Å². The fourth-order valence-corrected chi connectivity index (χ4v) is 8.30. The lowest BCUT2D eigenvalue weighted by Gasteiger charge is -2.44. The van der Waals surface area contributed by atoms with Crippen LogP contribution in [0.5, 0.6) is 0 Å². The second kappa shape index (κ2) is 12.3. The van der Waals surface area contributed by atoms with Crippen molar-refractivity contribution in [2.75, 3.05) is 23.8 Å². The molecule has 0 unspecified atom stereocenters. The molecule has 13 atom stereocenters. The summed E-state index contributed by atoms with van der Waals surface area (Å²) in [6.07, 6.45) is -15.9. The first-order valence-electron chi connectivity index (χ1n) is 15.7. The lowest BCUT2D eigenvalue weighted by atomic mass is 9.65. The molecule has 7 rings (SSSR count). The van der Waals surface area contributed by atoms with Crippen LogP contribution in [0, 0.1) is 11.8 Å². The number of esters is 1. The third-order valence-electron chi connectivity index (χ3n) is 10.3. The van der Waals surface area contributed by atoms with Crippen LogP contribution in [0.4, 0.5) is 17.2 Å². The quantitative estimate of drug-likeness (QED) is 0.134. The largest absolute Gasteiger partial charge is 0.456 e. The molecule has 19 nitrogen and oxygen atoms in total. The summed E-state index contributed by atoms with van der Waals surface area (Å²) < 4.78 is 17.4. The van der Waals surface area contributed by atoms with Crippen molar-refractivity contribution in [2.24, 2.45) is 16.8 Å². The molecule has 2 aliphatic carbocycles. The first-order chi connectivity index (χ1) is 23.6. The standard InChI is InChI=1S/C30H34BrN5O14/c1-29(47)22-9(6-32-23-16(34-22)24(43)36-28(46)35-23)15(30(29)10-3-2-8(31)4-11(10)33-27(30)45)25(44)49-21-18(41)12(37)5-13(38)20(21)50-26-19(42)17(40)14(39)7-48-26/h2-4,9,12-15,17-21,26,37-42,47H,5-7H2,1H3,(H,33,45)(H3,32,35,36,43,46)/t9-,12-,13-,14+,15+,17-,18-,19+,20+,21+,26-,29+,30+/m0/s1. The van der Waals surface area contributed by atoms with E-state index < -0.39 is 114 Å². The summed E-state index contributed by atoms with van der Waals surface area (Å²) >= 11 is 3.35. The zero-order valence-electron chi connectivity index (χ0n) is 26.0. The van der Waals surface area contributed by atoms with Gasteiger partial charge in [0.2, 0.25) is 5.91 Å². The van der Waals surface area contributed by atoms with E-state index in [4.69, 9.17) is 14.2 Å². The van der Waals surface area contributed by atoms with Crippen molar-refractivity contribution >= 4 is 50.7 Å². The fourth-order valence-electron chi connectivity index (χ4n) is 7.94. The van der Waals surface area contributed by atoms with Crippen molar-refractivity contribution in [3.05, 3.63) is 49.1 Å². The molecule has 11 N–H and O–H groups in total. The van der Waals surface area contributed by atoms with Gasteiger partial charge in [0.25, 0.3) is 5.56 Å². The van der Waals surface area contributed by atoms with Crippen molar-refractivity contribution in [1.82, 2.24) is 9.97 Å². The summed E-state index contributed by atoms with van der Waals surface area (Å²) in [6, 6.07) is 4.66. The first-order valence-corrected chi connectivity index (χ1v) is 16.5. The average Bonchev–Trinajstić information content (AvgIpc) is 3.33. The highest BCUT2D eigenvalue weighted by molar-refractivity contribution is 9.10. The van der Waals surface area contributed by atoms with Crippen LogP contribution >= 0.6 is 15.9 Å². The second-order valence-corrected chi connectivity index (χ2v) is 14.1. The first kappa shape index (κ1) is 34.9. The number of rotatable bonds is 4. The number of aromatic amines is 2. The Morgan fingerprint density at radius 3 is 2.48 bits per heavy atom. The van der Waals surface area contributed by atoms with Crippen LogP contribution in [0.1, 0.15) is 18.9 Å². The van der Waals surface area contributed by atoms with E-state index in [0.29, 0.717) is 4.47 Å². The number of aliphatic imine (C=N–C) groups is 1. The Balaban J connectivity index is 1.33. The van der Waals surface area contributed by atoms with Crippen molar-refractivity contribution in [3.8, 4) is 0 Å². The van der Waals surface area contributed by atoms with Crippen LogP contribution in [-0.4, -0.2) is 137 Å². The van der Waals surface area contributed by atoms with Gasteiger partial charge in [-0.15, -0.1) is 0 Å². The number of anilines is 2. The van der Waals surface area contributed by atoms with Crippen LogP contribution in [0.15, 0.2) is 37.3 Å². The van der Waals surface area contributed by atoms with Crippen molar-refractivity contribution in [3.63, 3.8) is 0 Å². The topological polar surface area (TPSA) is 306 Å². The van der Waals surface area contributed by atoms with E-state index in [1.165, 1.54) is 13.0 Å². The predicted molar refractivity (Wildman–Crippen MR) is 170 cm³/mol. The number of aliphatic hydroxyl groups is 7. The number of hydrogen-bond acceptors (Lipinski definition) is 16. The van der Waals surface area contributed by atoms with E-state index in [9.17, 15) is 54.9 Å². The smallest absolute Gasteiger partial charge is 0.327 e. The van der Waals surface area contributed by atoms with Gasteiger partial charge in [-0.25, -0.2) is 9.79 Å². The maximum Gasteiger partial charge on any atom is 0.327 e. The molecule has 2 saturated carbocycles. The Kier molecular flexibility index (Phi) is 8.57. The lowest BCUT2D eigenvalue weighted by Crippen LogP contribution is -2.63. The Morgan fingerprint density at radius 2 is 1.74 bits per heavy atom. The monoisotopic (exact) mass is 767 g/mol. The summed E-state index contributed by atoms with van der Waals surface area (Å²) in [6.45, 7) is 0.506. The third-order valence-corrected chi connectivity index (χ3v) is 10.8. The van der Waals surface area contributed by atoms with E-state index in [1.807, 2.05) is 0 Å². The van der Waals surface area contributed by atoms with Gasteiger partial charge in [-0.1, -0.05) is 22.0 Å². The maximum absolute atomic E-state index is 14.7. The van der Waals surface area contributed by atoms with Gasteiger partial charge in [-0.05, 0) is 24.6 Å². The number of benzene rings is 1. The number of halogens is 1. The number of aromatic nitrogens is 2. The van der Waals surface area contributed by atoms with Crippen LogP contribution in [0.3, 0.4) is 0 Å². The molecular formula is C30H34BrN5O14. The SMILES string of the molecule is C[C@@]1(O)C2=Nc3c([nH]c(=O)[nH]c3=O)NC[C@H]2[C@H](C(=O)O[C@@H]2[C@@H](O)[C@@H](O)C[C@H](O)[C@H]2O[C@@H]2OC[C@@H](O)[C@H](O)[C@H]2O)[C@]12C(=O)Nc1cc(Br)ccc12. The highest BCUT2D eigenvalue weighted by Crippen LogP contribution is 2.60. The number of nitrogens with zero attached hydrogens (tertiary/aromatic N) is 1. The van der Waals surface area contributed by atoms with E-state index in [1.54, 1.807) is 12.1 Å². The molecule has 270 valence electrons. The Morgan fingerprint density at radius 1 is 1.00 bits per heavy atom. The van der Waals surface area contributed by atoms with Gasteiger partial charge < -0.3 is 60.6 Å². The van der Waals surface area contributed by atoms with Crippen LogP contribution in [0.2, 0.25) is 0 Å². The molecule has 20 heteroatoms. The maximum atomic E-state index is 14.7. The average molecular weight is 769 g/mol. The molecule has 1 aromatic heterocycles. The van der Waals surface area contributed by atoms with Gasteiger partial charge >= 0.3 is 11.7 Å². The van der Waals surface area contributed by atoms with Gasteiger partial charge in [-0.2, -0.15) is 0 Å². The van der Waals surface area contributed by atoms with Gasteiger partial charge in [0, 0.05) is 29.0 Å². The summed E-state index contributed by atoms with van der Waals surface area (Å²) in [7, 11) is 0. The minimum atomic E-state index is -2.31. The molecule has 2 aromatic rings. The summed E-state index contributed by atoms with van der Waals surface area (Å²) in [5, 5.41) is 81.2. The van der Waals surface area contributed by atoms with E-state index in [-0.39, 0.29) is 35.0 Å².